The first kappa shape index (κ1) is 29.0. The van der Waals surface area contributed by atoms with Gasteiger partial charge in [0.2, 0.25) is 5.95 Å². The van der Waals surface area contributed by atoms with Crippen molar-refractivity contribution in [2.45, 2.75) is 0 Å². The third kappa shape index (κ3) is 5.93. The van der Waals surface area contributed by atoms with E-state index in [2.05, 4.69) is 51.4 Å². The minimum absolute atomic E-state index is 0.345. The number of rotatable bonds is 8. The number of aromatic nitrogens is 6. The average molecular weight is 665 g/mol. The number of fused-ring (bicyclic) bond motifs is 1. The highest BCUT2D eigenvalue weighted by Gasteiger charge is 2.24. The molecule has 0 spiro atoms. The minimum atomic E-state index is -2.76. The number of hydrogen-bond acceptors (Lipinski definition) is 11. The highest BCUT2D eigenvalue weighted by molar-refractivity contribution is 9.10. The standard InChI is InChI=1S/C29H31BrN9O3P/c1-38-17-31-16-24(38)18-13-22(25(41-2)14-23(18)39-9-11-42-12-10-39)36-29-34-15-19(30)28(37-29)35-21-6-5-20-26(33-8-7-32-20)27(21)43(3,4)40/h5-8,13-17H,9-12H2,1-4H3,(H2,34,35,36,37). The molecule has 222 valence electrons. The third-order valence-corrected chi connectivity index (χ3v) is 9.27. The molecule has 4 heterocycles. The second-order valence-electron chi connectivity index (χ2n) is 10.4. The van der Waals surface area contributed by atoms with E-state index in [1.54, 1.807) is 45.4 Å². The van der Waals surface area contributed by atoms with E-state index in [0.717, 1.165) is 30.0 Å². The smallest absolute Gasteiger partial charge is 0.229 e. The van der Waals surface area contributed by atoms with Crippen LogP contribution in [0.25, 0.3) is 22.3 Å². The Morgan fingerprint density at radius 1 is 1.02 bits per heavy atom. The number of imidazole rings is 1. The maximum atomic E-state index is 13.4. The van der Waals surface area contributed by atoms with E-state index >= 15 is 0 Å². The number of benzene rings is 2. The van der Waals surface area contributed by atoms with Crippen molar-refractivity contribution in [1.29, 1.82) is 0 Å². The van der Waals surface area contributed by atoms with Gasteiger partial charge in [-0.1, -0.05) is 0 Å². The zero-order valence-corrected chi connectivity index (χ0v) is 26.7. The number of nitrogens with zero attached hydrogens (tertiary/aromatic N) is 7. The van der Waals surface area contributed by atoms with Gasteiger partial charge in [-0.05, 0) is 47.5 Å². The third-order valence-electron chi connectivity index (χ3n) is 7.16. The molecule has 5 aromatic rings. The van der Waals surface area contributed by atoms with Crippen LogP contribution < -0.4 is 25.6 Å². The van der Waals surface area contributed by atoms with Crippen LogP contribution in [0.15, 0.2) is 59.9 Å². The fraction of sp³-hybridized carbons (Fsp3) is 0.276. The lowest BCUT2D eigenvalue weighted by molar-refractivity contribution is 0.122. The van der Waals surface area contributed by atoms with Crippen molar-refractivity contribution >= 4 is 68.2 Å². The van der Waals surface area contributed by atoms with Crippen LogP contribution in [-0.2, 0) is 16.3 Å². The number of methoxy groups -OCH3 is 1. The Kier molecular flexibility index (Phi) is 8.04. The van der Waals surface area contributed by atoms with Crippen LogP contribution in [0, 0.1) is 0 Å². The number of aryl methyl sites for hydroxylation is 1. The van der Waals surface area contributed by atoms with E-state index in [4.69, 9.17) is 14.5 Å². The minimum Gasteiger partial charge on any atom is -0.494 e. The largest absolute Gasteiger partial charge is 0.494 e. The lowest BCUT2D eigenvalue weighted by atomic mass is 10.1. The normalized spacial score (nSPS) is 13.7. The molecule has 1 aliphatic rings. The Labute approximate surface area is 257 Å². The van der Waals surface area contributed by atoms with Crippen molar-refractivity contribution in [2.75, 3.05) is 62.3 Å². The molecule has 0 amide bonds. The van der Waals surface area contributed by atoms with Crippen molar-refractivity contribution in [2.24, 2.45) is 7.05 Å². The number of hydrogen-bond donors (Lipinski definition) is 2. The van der Waals surface area contributed by atoms with E-state index in [1.807, 2.05) is 42.1 Å². The Morgan fingerprint density at radius 2 is 1.81 bits per heavy atom. The molecule has 0 bridgehead atoms. The summed E-state index contributed by atoms with van der Waals surface area (Å²) in [5.74, 6) is 1.48. The van der Waals surface area contributed by atoms with Crippen LogP contribution in [0.3, 0.4) is 0 Å². The summed E-state index contributed by atoms with van der Waals surface area (Å²) in [6, 6.07) is 7.75. The quantitative estimate of drug-likeness (QED) is 0.213. The molecule has 43 heavy (non-hydrogen) atoms. The van der Waals surface area contributed by atoms with E-state index in [0.29, 0.717) is 62.9 Å². The molecule has 3 aromatic heterocycles. The Bertz CT molecular complexity index is 1850. The molecule has 12 nitrogen and oxygen atoms in total. The van der Waals surface area contributed by atoms with Crippen LogP contribution in [0.1, 0.15) is 0 Å². The van der Waals surface area contributed by atoms with Crippen molar-refractivity contribution in [3.05, 3.63) is 59.9 Å². The van der Waals surface area contributed by atoms with E-state index in [9.17, 15) is 4.57 Å². The maximum Gasteiger partial charge on any atom is 0.229 e. The first-order valence-electron chi connectivity index (χ1n) is 13.6. The van der Waals surface area contributed by atoms with Gasteiger partial charge in [0.15, 0.2) is 0 Å². The summed E-state index contributed by atoms with van der Waals surface area (Å²) in [5, 5.41) is 7.30. The molecule has 1 saturated heterocycles. The van der Waals surface area contributed by atoms with Crippen LogP contribution in [0.2, 0.25) is 0 Å². The number of anilines is 5. The van der Waals surface area contributed by atoms with E-state index < -0.39 is 7.14 Å². The van der Waals surface area contributed by atoms with Crippen molar-refractivity contribution in [3.63, 3.8) is 0 Å². The van der Waals surface area contributed by atoms with Crippen molar-refractivity contribution in [3.8, 4) is 17.0 Å². The summed E-state index contributed by atoms with van der Waals surface area (Å²) in [6.45, 7) is 6.30. The summed E-state index contributed by atoms with van der Waals surface area (Å²) in [4.78, 5) is 24.8. The molecule has 0 atom stereocenters. The van der Waals surface area contributed by atoms with Gasteiger partial charge in [-0.15, -0.1) is 0 Å². The van der Waals surface area contributed by atoms with E-state index in [-0.39, 0.29) is 0 Å². The first-order valence-corrected chi connectivity index (χ1v) is 17.0. The fourth-order valence-electron chi connectivity index (χ4n) is 5.15. The molecular formula is C29H31BrN9O3P. The number of morpholine rings is 1. The topological polar surface area (TPSA) is 132 Å². The molecule has 2 N–H and O–H groups in total. The zero-order valence-electron chi connectivity index (χ0n) is 24.2. The van der Waals surface area contributed by atoms with Crippen molar-refractivity contribution in [1.82, 2.24) is 29.5 Å². The number of ether oxygens (including phenoxy) is 2. The van der Waals surface area contributed by atoms with Gasteiger partial charge in [0.05, 0.1) is 70.9 Å². The molecule has 1 fully saturated rings. The van der Waals surface area contributed by atoms with Gasteiger partial charge in [0.25, 0.3) is 0 Å². The molecular weight excluding hydrogens is 633 g/mol. The van der Waals surface area contributed by atoms with E-state index in [1.165, 1.54) is 0 Å². The molecule has 0 saturated carbocycles. The molecule has 6 rings (SSSR count). The summed E-state index contributed by atoms with van der Waals surface area (Å²) in [6.07, 6.45) is 8.51. The molecule has 0 unspecified atom stereocenters. The molecule has 1 aliphatic heterocycles. The lowest BCUT2D eigenvalue weighted by Gasteiger charge is -2.31. The van der Waals surface area contributed by atoms with Crippen LogP contribution in [0.4, 0.5) is 28.8 Å². The number of nitrogens with one attached hydrogen (secondary N) is 2. The highest BCUT2D eigenvalue weighted by atomic mass is 79.9. The first-order chi connectivity index (χ1) is 20.7. The average Bonchev–Trinajstić information content (AvgIpc) is 3.43. The van der Waals surface area contributed by atoms with Crippen molar-refractivity contribution < 1.29 is 14.0 Å². The highest BCUT2D eigenvalue weighted by Crippen LogP contribution is 2.42. The molecule has 14 heteroatoms. The summed E-state index contributed by atoms with van der Waals surface area (Å²) in [5.41, 5.74) is 5.58. The summed E-state index contributed by atoms with van der Waals surface area (Å²) < 4.78 is 27.4. The van der Waals surface area contributed by atoms with Crippen LogP contribution in [0.5, 0.6) is 5.75 Å². The van der Waals surface area contributed by atoms with Gasteiger partial charge in [0.1, 0.15) is 24.2 Å². The molecule has 2 aromatic carbocycles. The second kappa shape index (κ2) is 11.9. The Balaban J connectivity index is 1.39. The summed E-state index contributed by atoms with van der Waals surface area (Å²) in [7, 11) is 0.853. The zero-order chi connectivity index (χ0) is 30.1. The maximum absolute atomic E-state index is 13.4. The van der Waals surface area contributed by atoms with Crippen LogP contribution in [-0.4, -0.2) is 76.2 Å². The van der Waals surface area contributed by atoms with Gasteiger partial charge in [0, 0.05) is 50.4 Å². The molecule has 0 radical (unpaired) electrons. The van der Waals surface area contributed by atoms with Gasteiger partial charge in [-0.3, -0.25) is 9.97 Å². The summed E-state index contributed by atoms with van der Waals surface area (Å²) >= 11 is 3.56. The predicted molar refractivity (Wildman–Crippen MR) is 173 cm³/mol. The fourth-order valence-corrected chi connectivity index (χ4v) is 6.84. The van der Waals surface area contributed by atoms with Gasteiger partial charge in [-0.25, -0.2) is 9.97 Å². The Hall–Kier alpha value is -4.06. The lowest BCUT2D eigenvalue weighted by Crippen LogP contribution is -2.36. The SMILES string of the molecule is COc1cc(N2CCOCC2)c(-c2cncn2C)cc1Nc1ncc(Br)c(Nc2ccc3nccnc3c2P(C)(C)=O)n1. The number of halogens is 1. The monoisotopic (exact) mass is 663 g/mol. The Morgan fingerprint density at radius 3 is 2.53 bits per heavy atom. The van der Waals surface area contributed by atoms with Gasteiger partial charge < -0.3 is 34.1 Å². The second-order valence-corrected chi connectivity index (χ2v) is 14.4. The predicted octanol–water partition coefficient (Wildman–Crippen LogP) is 5.16. The molecule has 0 aliphatic carbocycles. The van der Waals surface area contributed by atoms with Gasteiger partial charge in [-0.2, -0.15) is 4.98 Å². The van der Waals surface area contributed by atoms with Gasteiger partial charge >= 0.3 is 0 Å². The van der Waals surface area contributed by atoms with Crippen LogP contribution >= 0.6 is 23.1 Å².